The van der Waals surface area contributed by atoms with Crippen LogP contribution in [0.2, 0.25) is 0 Å². The lowest BCUT2D eigenvalue weighted by Gasteiger charge is -2.29. The van der Waals surface area contributed by atoms with Crippen LogP contribution in [0.3, 0.4) is 0 Å². The molecule has 122 valence electrons. The molecule has 0 N–H and O–H groups in total. The largest absolute Gasteiger partial charge is 0.377 e. The number of pyridine rings is 1. The van der Waals surface area contributed by atoms with E-state index in [0.717, 1.165) is 4.73 Å². The molecule has 0 saturated carbocycles. The third-order valence-electron chi connectivity index (χ3n) is 4.02. The fraction of sp³-hybridized carbons (Fsp3) is 0.375. The number of amides is 1. The van der Waals surface area contributed by atoms with Crippen LogP contribution in [0.25, 0.3) is 10.8 Å². The Bertz CT molecular complexity index is 782. The molecule has 0 aliphatic carbocycles. The molecule has 1 saturated heterocycles. The molecule has 1 aromatic heterocycles. The Balaban J connectivity index is 2.07. The van der Waals surface area contributed by atoms with Crippen LogP contribution in [0.15, 0.2) is 35.3 Å². The highest BCUT2D eigenvalue weighted by Gasteiger charge is 2.25. The van der Waals surface area contributed by atoms with Crippen LogP contribution in [-0.4, -0.2) is 41.7 Å². The maximum Gasteiger partial charge on any atom is 0.291 e. The van der Waals surface area contributed by atoms with Crippen LogP contribution in [0.4, 0.5) is 8.78 Å². The van der Waals surface area contributed by atoms with Gasteiger partial charge in [0.25, 0.3) is 18.3 Å². The van der Waals surface area contributed by atoms with E-state index in [2.05, 4.69) is 4.84 Å². The van der Waals surface area contributed by atoms with Gasteiger partial charge in [0.15, 0.2) is 0 Å². The molecular formula is C16H16F2N2O3. The van der Waals surface area contributed by atoms with E-state index in [1.807, 2.05) is 0 Å². The molecule has 3 rings (SSSR count). The van der Waals surface area contributed by atoms with Crippen molar-refractivity contribution in [3.63, 3.8) is 0 Å². The first-order chi connectivity index (χ1) is 11.1. The highest BCUT2D eigenvalue weighted by Crippen LogP contribution is 2.20. The van der Waals surface area contributed by atoms with Gasteiger partial charge >= 0.3 is 0 Å². The van der Waals surface area contributed by atoms with Gasteiger partial charge in [-0.1, -0.05) is 18.2 Å². The summed E-state index contributed by atoms with van der Waals surface area (Å²) in [4.78, 5) is 31.1. The standard InChI is InChI=1S/C16H16F2N2O3/c17-10-23-20-9-14(12-3-1-2-4-13(12)16(20)22)15(21)19-7-5-11(18)6-8-19/h1-4,9,11H,5-8,10H2. The van der Waals surface area contributed by atoms with Crippen molar-refractivity contribution in [3.8, 4) is 0 Å². The molecule has 23 heavy (non-hydrogen) atoms. The number of aromatic nitrogens is 1. The van der Waals surface area contributed by atoms with Crippen molar-refractivity contribution >= 4 is 16.7 Å². The Morgan fingerprint density at radius 3 is 2.52 bits per heavy atom. The minimum absolute atomic E-state index is 0.242. The van der Waals surface area contributed by atoms with Gasteiger partial charge in [0.05, 0.1) is 17.1 Å². The highest BCUT2D eigenvalue weighted by molar-refractivity contribution is 6.06. The number of fused-ring (bicyclic) bond motifs is 1. The first-order valence-electron chi connectivity index (χ1n) is 7.39. The van der Waals surface area contributed by atoms with E-state index in [1.165, 1.54) is 6.20 Å². The van der Waals surface area contributed by atoms with Crippen molar-refractivity contribution in [2.24, 2.45) is 0 Å². The van der Waals surface area contributed by atoms with Gasteiger partial charge in [-0.2, -0.15) is 0 Å². The number of nitrogens with zero attached hydrogens (tertiary/aromatic N) is 2. The second-order valence-electron chi connectivity index (χ2n) is 5.42. The number of alkyl halides is 2. The molecule has 1 aromatic carbocycles. The van der Waals surface area contributed by atoms with Gasteiger partial charge in [-0.25, -0.2) is 8.78 Å². The molecule has 2 heterocycles. The number of carbonyl (C=O) groups excluding carboxylic acids is 1. The number of piperidine rings is 1. The summed E-state index contributed by atoms with van der Waals surface area (Å²) in [7, 11) is 0. The molecular weight excluding hydrogens is 306 g/mol. The van der Waals surface area contributed by atoms with Crippen LogP contribution >= 0.6 is 0 Å². The summed E-state index contributed by atoms with van der Waals surface area (Å²) in [6, 6.07) is 6.59. The van der Waals surface area contributed by atoms with Gasteiger partial charge in [-0.15, -0.1) is 4.73 Å². The third-order valence-corrected chi connectivity index (χ3v) is 4.02. The zero-order chi connectivity index (χ0) is 16.4. The molecule has 1 fully saturated rings. The van der Waals surface area contributed by atoms with Crippen LogP contribution in [-0.2, 0) is 0 Å². The van der Waals surface area contributed by atoms with E-state index in [0.29, 0.717) is 31.3 Å². The van der Waals surface area contributed by atoms with Crippen LogP contribution in [0.5, 0.6) is 0 Å². The summed E-state index contributed by atoms with van der Waals surface area (Å²) in [5, 5.41) is 0.746. The molecule has 1 amide bonds. The van der Waals surface area contributed by atoms with Crippen molar-refractivity contribution in [2.45, 2.75) is 19.0 Å². The van der Waals surface area contributed by atoms with Crippen molar-refractivity contribution in [2.75, 3.05) is 20.0 Å². The number of likely N-dealkylation sites (tertiary alicyclic amines) is 1. The number of hydrogen-bond donors (Lipinski definition) is 0. The molecule has 0 bridgehead atoms. The van der Waals surface area contributed by atoms with E-state index < -0.39 is 18.6 Å². The van der Waals surface area contributed by atoms with Gasteiger partial charge in [-0.05, 0) is 18.9 Å². The number of halogens is 2. The average molecular weight is 322 g/mol. The summed E-state index contributed by atoms with van der Waals surface area (Å²) in [6.07, 6.45) is 0.905. The minimum atomic E-state index is -1.18. The molecule has 0 unspecified atom stereocenters. The first-order valence-corrected chi connectivity index (χ1v) is 7.39. The van der Waals surface area contributed by atoms with Gasteiger partial charge in [0.2, 0.25) is 0 Å². The van der Waals surface area contributed by atoms with E-state index in [9.17, 15) is 18.4 Å². The van der Waals surface area contributed by atoms with Crippen LogP contribution in [0, 0.1) is 0 Å². The quantitative estimate of drug-likeness (QED) is 0.868. The smallest absolute Gasteiger partial charge is 0.291 e. The molecule has 5 nitrogen and oxygen atoms in total. The van der Waals surface area contributed by atoms with Crippen molar-refractivity contribution < 1.29 is 18.4 Å². The maximum atomic E-state index is 13.2. The van der Waals surface area contributed by atoms with E-state index >= 15 is 0 Å². The Morgan fingerprint density at radius 2 is 1.87 bits per heavy atom. The number of carbonyl (C=O) groups is 1. The highest BCUT2D eigenvalue weighted by atomic mass is 19.1. The second kappa shape index (κ2) is 6.36. The molecule has 2 aromatic rings. The molecule has 1 aliphatic heterocycles. The van der Waals surface area contributed by atoms with Crippen molar-refractivity contribution in [1.82, 2.24) is 9.63 Å². The zero-order valence-corrected chi connectivity index (χ0v) is 12.4. The average Bonchev–Trinajstić information content (AvgIpc) is 2.58. The predicted octanol–water partition coefficient (Wildman–Crippen LogP) is 1.93. The van der Waals surface area contributed by atoms with Gasteiger partial charge < -0.3 is 9.74 Å². The lowest BCUT2D eigenvalue weighted by Crippen LogP contribution is -2.40. The summed E-state index contributed by atoms with van der Waals surface area (Å²) in [5.41, 5.74) is -0.289. The Morgan fingerprint density at radius 1 is 1.22 bits per heavy atom. The minimum Gasteiger partial charge on any atom is -0.377 e. The molecule has 0 spiro atoms. The van der Waals surface area contributed by atoms with Gasteiger partial charge in [0.1, 0.15) is 6.17 Å². The predicted molar refractivity (Wildman–Crippen MR) is 80.8 cm³/mol. The number of benzene rings is 1. The molecule has 1 aliphatic rings. The van der Waals surface area contributed by atoms with Crippen molar-refractivity contribution in [1.29, 1.82) is 0 Å². The second-order valence-corrected chi connectivity index (χ2v) is 5.42. The molecule has 7 heteroatoms. The Kier molecular flexibility index (Phi) is 4.27. The van der Waals surface area contributed by atoms with Crippen LogP contribution in [0.1, 0.15) is 23.2 Å². The lowest BCUT2D eigenvalue weighted by atomic mass is 10.0. The first kappa shape index (κ1) is 15.5. The third kappa shape index (κ3) is 2.91. The molecule has 0 radical (unpaired) electrons. The number of rotatable bonds is 3. The fourth-order valence-electron chi connectivity index (χ4n) is 2.81. The molecule has 0 atom stereocenters. The fourth-order valence-corrected chi connectivity index (χ4v) is 2.81. The Hall–Kier alpha value is -2.44. The summed E-state index contributed by atoms with van der Waals surface area (Å²) < 4.78 is 26.5. The number of hydrogen-bond acceptors (Lipinski definition) is 3. The van der Waals surface area contributed by atoms with E-state index in [4.69, 9.17) is 0 Å². The monoisotopic (exact) mass is 322 g/mol. The zero-order valence-electron chi connectivity index (χ0n) is 12.4. The topological polar surface area (TPSA) is 51.5 Å². The SMILES string of the molecule is O=C(c1cn(OCF)c(=O)c2ccccc12)N1CCC(F)CC1. The van der Waals surface area contributed by atoms with Crippen molar-refractivity contribution in [3.05, 3.63) is 46.4 Å². The van der Waals surface area contributed by atoms with E-state index in [1.54, 1.807) is 29.2 Å². The normalized spacial score (nSPS) is 15.8. The summed E-state index contributed by atoms with van der Waals surface area (Å²) in [6.45, 7) is -0.548. The van der Waals surface area contributed by atoms with Gasteiger partial charge in [0, 0.05) is 18.5 Å². The summed E-state index contributed by atoms with van der Waals surface area (Å²) in [5.74, 6) is -0.315. The Labute approximate surface area is 131 Å². The van der Waals surface area contributed by atoms with E-state index in [-0.39, 0.29) is 16.9 Å². The van der Waals surface area contributed by atoms with Gasteiger partial charge in [-0.3, -0.25) is 9.59 Å². The maximum absolute atomic E-state index is 13.2. The van der Waals surface area contributed by atoms with Crippen LogP contribution < -0.4 is 10.4 Å². The lowest BCUT2D eigenvalue weighted by molar-refractivity contribution is 0.0359. The summed E-state index contributed by atoms with van der Waals surface area (Å²) >= 11 is 0.